The van der Waals surface area contributed by atoms with Gasteiger partial charge in [-0.15, -0.1) is 0 Å². The fraction of sp³-hybridized carbons (Fsp3) is 0.385. The molecule has 190 valence electrons. The molecule has 0 bridgehead atoms. The number of benzene rings is 2. The van der Waals surface area contributed by atoms with Crippen molar-refractivity contribution in [1.29, 1.82) is 0 Å². The minimum absolute atomic E-state index is 0.00115. The lowest BCUT2D eigenvalue weighted by atomic mass is 9.73. The van der Waals surface area contributed by atoms with E-state index in [1.807, 2.05) is 13.0 Å². The van der Waals surface area contributed by atoms with E-state index in [-0.39, 0.29) is 29.2 Å². The van der Waals surface area contributed by atoms with Gasteiger partial charge in [0.05, 0.1) is 25.6 Å². The van der Waals surface area contributed by atoms with Gasteiger partial charge in [0.2, 0.25) is 5.91 Å². The Balaban J connectivity index is 1.49. The summed E-state index contributed by atoms with van der Waals surface area (Å²) in [4.78, 5) is 52.2. The molecule has 2 atom stereocenters. The summed E-state index contributed by atoms with van der Waals surface area (Å²) in [6.45, 7) is 1.52. The van der Waals surface area contributed by atoms with Gasteiger partial charge in [0.25, 0.3) is 11.8 Å². The van der Waals surface area contributed by atoms with Gasteiger partial charge in [0.1, 0.15) is 23.6 Å². The molecule has 1 heterocycles. The second kappa shape index (κ2) is 10.3. The number of hydrogen-bond acceptors (Lipinski definition) is 6. The second-order valence-corrected chi connectivity index (χ2v) is 9.06. The number of imide groups is 1. The molecule has 1 aliphatic carbocycles. The molecule has 10 heteroatoms. The maximum Gasteiger partial charge on any atom is 0.325 e. The summed E-state index contributed by atoms with van der Waals surface area (Å²) >= 11 is 0. The number of carbonyl (C=O) groups is 4. The number of amides is 5. The molecule has 4 rings (SSSR count). The van der Waals surface area contributed by atoms with E-state index < -0.39 is 24.0 Å². The largest absolute Gasteiger partial charge is 0.494 e. The Labute approximate surface area is 209 Å². The van der Waals surface area contributed by atoms with Crippen LogP contribution in [0, 0.1) is 5.92 Å². The van der Waals surface area contributed by atoms with Crippen LogP contribution in [-0.4, -0.2) is 55.0 Å². The first-order chi connectivity index (χ1) is 17.3. The number of methoxy groups -OCH3 is 2. The minimum Gasteiger partial charge on any atom is -0.494 e. The SMILES string of the molecule is COc1cc(NC(=O)c2ccccc2)c(OC)cc1NC(=O)CN1C(=O)N[C@@]2(CCCC[C@H]2C)C1=O. The number of ether oxygens (including phenoxy) is 2. The fourth-order valence-corrected chi connectivity index (χ4v) is 4.85. The van der Waals surface area contributed by atoms with Crippen molar-refractivity contribution >= 4 is 35.1 Å². The first-order valence-electron chi connectivity index (χ1n) is 11.9. The van der Waals surface area contributed by atoms with Crippen molar-refractivity contribution < 1.29 is 28.7 Å². The quantitative estimate of drug-likeness (QED) is 0.507. The minimum atomic E-state index is -0.935. The molecule has 1 saturated carbocycles. The topological polar surface area (TPSA) is 126 Å². The molecule has 0 radical (unpaired) electrons. The van der Waals surface area contributed by atoms with E-state index in [0.717, 1.165) is 24.2 Å². The molecule has 10 nitrogen and oxygen atoms in total. The Morgan fingerprint density at radius 1 is 1.03 bits per heavy atom. The smallest absolute Gasteiger partial charge is 0.325 e. The van der Waals surface area contributed by atoms with E-state index in [2.05, 4.69) is 16.0 Å². The lowest BCUT2D eigenvalue weighted by molar-refractivity contribution is -0.136. The maximum atomic E-state index is 13.2. The van der Waals surface area contributed by atoms with Crippen molar-refractivity contribution in [3.63, 3.8) is 0 Å². The molecule has 2 aromatic carbocycles. The van der Waals surface area contributed by atoms with Gasteiger partial charge >= 0.3 is 6.03 Å². The van der Waals surface area contributed by atoms with Gasteiger partial charge in [0.15, 0.2) is 0 Å². The number of nitrogens with one attached hydrogen (secondary N) is 3. The summed E-state index contributed by atoms with van der Waals surface area (Å²) < 4.78 is 10.8. The number of hydrogen-bond donors (Lipinski definition) is 3. The molecule has 1 saturated heterocycles. The molecule has 2 fully saturated rings. The molecule has 5 amide bonds. The molecular formula is C26H30N4O6. The monoisotopic (exact) mass is 494 g/mol. The first-order valence-corrected chi connectivity index (χ1v) is 11.9. The van der Waals surface area contributed by atoms with Gasteiger partial charge in [0, 0.05) is 17.7 Å². The van der Waals surface area contributed by atoms with Crippen LogP contribution in [0.5, 0.6) is 11.5 Å². The Morgan fingerprint density at radius 3 is 2.28 bits per heavy atom. The van der Waals surface area contributed by atoms with Crippen LogP contribution < -0.4 is 25.4 Å². The van der Waals surface area contributed by atoms with Crippen molar-refractivity contribution in [2.75, 3.05) is 31.4 Å². The van der Waals surface area contributed by atoms with Gasteiger partial charge < -0.3 is 25.4 Å². The zero-order valence-electron chi connectivity index (χ0n) is 20.6. The van der Waals surface area contributed by atoms with Crippen molar-refractivity contribution in [1.82, 2.24) is 10.2 Å². The second-order valence-electron chi connectivity index (χ2n) is 9.06. The van der Waals surface area contributed by atoms with Gasteiger partial charge in [-0.2, -0.15) is 0 Å². The number of rotatable bonds is 7. The normalized spacial score (nSPS) is 21.2. The van der Waals surface area contributed by atoms with E-state index in [1.165, 1.54) is 26.4 Å². The zero-order chi connectivity index (χ0) is 25.9. The van der Waals surface area contributed by atoms with Crippen molar-refractivity contribution in [2.45, 2.75) is 38.1 Å². The maximum absolute atomic E-state index is 13.2. The molecule has 36 heavy (non-hydrogen) atoms. The Bertz CT molecular complexity index is 1180. The van der Waals surface area contributed by atoms with Crippen LogP contribution in [0.3, 0.4) is 0 Å². The molecule has 0 unspecified atom stereocenters. The van der Waals surface area contributed by atoms with Crippen LogP contribution in [0.4, 0.5) is 16.2 Å². The number of carbonyl (C=O) groups excluding carboxylic acids is 4. The van der Waals surface area contributed by atoms with Crippen LogP contribution in [0.25, 0.3) is 0 Å². The van der Waals surface area contributed by atoms with Crippen molar-refractivity contribution in [3.05, 3.63) is 48.0 Å². The summed E-state index contributed by atoms with van der Waals surface area (Å²) in [7, 11) is 2.86. The standard InChI is InChI=1S/C26H30N4O6/c1-16-9-7-8-12-26(16)24(33)30(25(34)29-26)15-22(31)27-18-13-21(36-3)19(14-20(18)35-2)28-23(32)17-10-5-4-6-11-17/h4-6,10-11,13-14,16H,7-9,12,15H2,1-3H3,(H,27,31)(H,28,32)(H,29,34)/t16-,26-/m1/s1. The molecule has 1 spiro atoms. The van der Waals surface area contributed by atoms with Crippen LogP contribution in [-0.2, 0) is 9.59 Å². The highest BCUT2D eigenvalue weighted by atomic mass is 16.5. The van der Waals surface area contributed by atoms with Crippen LogP contribution in [0.1, 0.15) is 43.0 Å². The summed E-state index contributed by atoms with van der Waals surface area (Å²) in [6.07, 6.45) is 3.27. The number of nitrogens with zero attached hydrogens (tertiary/aromatic N) is 1. The zero-order valence-corrected chi connectivity index (χ0v) is 20.6. The fourth-order valence-electron chi connectivity index (χ4n) is 4.85. The third-order valence-corrected chi connectivity index (χ3v) is 6.88. The molecule has 1 aliphatic heterocycles. The lowest BCUT2D eigenvalue weighted by Gasteiger charge is -2.36. The van der Waals surface area contributed by atoms with Crippen LogP contribution in [0.15, 0.2) is 42.5 Å². The van der Waals surface area contributed by atoms with Gasteiger partial charge in [-0.05, 0) is 30.9 Å². The summed E-state index contributed by atoms with van der Waals surface area (Å²) in [5.41, 5.74) is 0.151. The Morgan fingerprint density at radius 2 is 1.67 bits per heavy atom. The molecular weight excluding hydrogens is 464 g/mol. The molecule has 2 aliphatic rings. The third-order valence-electron chi connectivity index (χ3n) is 6.88. The average molecular weight is 495 g/mol. The van der Waals surface area contributed by atoms with Gasteiger partial charge in [-0.3, -0.25) is 19.3 Å². The van der Waals surface area contributed by atoms with E-state index in [0.29, 0.717) is 23.4 Å². The van der Waals surface area contributed by atoms with Crippen molar-refractivity contribution in [2.24, 2.45) is 5.92 Å². The molecule has 3 N–H and O–H groups in total. The predicted molar refractivity (Wildman–Crippen MR) is 133 cm³/mol. The Kier molecular flexibility index (Phi) is 7.14. The third kappa shape index (κ3) is 4.71. The van der Waals surface area contributed by atoms with Crippen LogP contribution in [0.2, 0.25) is 0 Å². The van der Waals surface area contributed by atoms with Gasteiger partial charge in [-0.25, -0.2) is 4.79 Å². The highest BCUT2D eigenvalue weighted by Crippen LogP contribution is 2.39. The van der Waals surface area contributed by atoms with E-state index in [1.54, 1.807) is 24.3 Å². The lowest BCUT2D eigenvalue weighted by Crippen LogP contribution is -2.54. The number of anilines is 2. The highest BCUT2D eigenvalue weighted by molar-refractivity contribution is 6.10. The van der Waals surface area contributed by atoms with Crippen molar-refractivity contribution in [3.8, 4) is 11.5 Å². The van der Waals surface area contributed by atoms with E-state index in [4.69, 9.17) is 9.47 Å². The molecule has 0 aromatic heterocycles. The van der Waals surface area contributed by atoms with Crippen LogP contribution >= 0.6 is 0 Å². The number of urea groups is 1. The first kappa shape index (κ1) is 25.0. The summed E-state index contributed by atoms with van der Waals surface area (Å²) in [6, 6.07) is 11.2. The molecule has 2 aromatic rings. The average Bonchev–Trinajstić information content (AvgIpc) is 3.11. The van der Waals surface area contributed by atoms with Gasteiger partial charge in [-0.1, -0.05) is 38.0 Å². The van der Waals surface area contributed by atoms with E-state index >= 15 is 0 Å². The van der Waals surface area contributed by atoms with E-state index in [9.17, 15) is 19.2 Å². The summed E-state index contributed by atoms with van der Waals surface area (Å²) in [5, 5.41) is 8.31. The Hall–Kier alpha value is -4.08. The summed E-state index contributed by atoms with van der Waals surface area (Å²) in [5.74, 6) is -0.711. The predicted octanol–water partition coefficient (Wildman–Crippen LogP) is 3.40. The highest BCUT2D eigenvalue weighted by Gasteiger charge is 2.55.